The number of guanidine groups is 1. The molecule has 1 aromatic carbocycles. The summed E-state index contributed by atoms with van der Waals surface area (Å²) in [5.41, 5.74) is 6.07. The van der Waals surface area contributed by atoms with Crippen molar-refractivity contribution in [2.45, 2.75) is 6.10 Å². The zero-order valence-corrected chi connectivity index (χ0v) is 10.3. The Balaban J connectivity index is 2.60. The molecule has 0 spiro atoms. The van der Waals surface area contributed by atoms with Gasteiger partial charge < -0.3 is 16.2 Å². The second-order valence-electron chi connectivity index (χ2n) is 3.76. The molecule has 0 heterocycles. The van der Waals surface area contributed by atoms with Crippen molar-refractivity contribution in [2.24, 2.45) is 10.7 Å². The largest absolute Gasteiger partial charge is 0.386 e. The summed E-state index contributed by atoms with van der Waals surface area (Å²) in [7, 11) is 0. The van der Waals surface area contributed by atoms with Gasteiger partial charge in [-0.05, 0) is 17.7 Å². The minimum absolute atomic E-state index is 0.0217. The molecule has 4 N–H and O–H groups in total. The summed E-state index contributed by atoms with van der Waals surface area (Å²) < 4.78 is 0. The van der Waals surface area contributed by atoms with E-state index < -0.39 is 11.0 Å². The highest BCUT2D eigenvalue weighted by atomic mass is 16.6. The molecule has 7 nitrogen and oxygen atoms in total. The molecular formula is C12H16N4O3. The Morgan fingerprint density at radius 3 is 2.74 bits per heavy atom. The van der Waals surface area contributed by atoms with Gasteiger partial charge >= 0.3 is 0 Å². The topological polar surface area (TPSA) is 114 Å². The van der Waals surface area contributed by atoms with Crippen LogP contribution >= 0.6 is 0 Å². The normalized spacial score (nSPS) is 12.8. The minimum atomic E-state index is -0.857. The highest BCUT2D eigenvalue weighted by Gasteiger charge is 2.10. The number of nitrogens with two attached hydrogens (primary N) is 1. The van der Waals surface area contributed by atoms with E-state index in [-0.39, 0.29) is 18.2 Å². The number of nitro benzene ring substituents is 1. The molecule has 0 aliphatic carbocycles. The first-order valence-corrected chi connectivity index (χ1v) is 5.61. The number of hydrogen-bond donors (Lipinski definition) is 3. The first-order valence-electron chi connectivity index (χ1n) is 5.61. The molecule has 0 saturated heterocycles. The van der Waals surface area contributed by atoms with Gasteiger partial charge in [-0.2, -0.15) is 0 Å². The van der Waals surface area contributed by atoms with Crippen LogP contribution in [0.3, 0.4) is 0 Å². The van der Waals surface area contributed by atoms with Crippen LogP contribution in [-0.2, 0) is 0 Å². The van der Waals surface area contributed by atoms with E-state index in [0.29, 0.717) is 12.1 Å². The van der Waals surface area contributed by atoms with Gasteiger partial charge in [0, 0.05) is 18.7 Å². The summed E-state index contributed by atoms with van der Waals surface area (Å²) in [6.07, 6.45) is 0.777. The predicted molar refractivity (Wildman–Crippen MR) is 72.7 cm³/mol. The third-order valence-electron chi connectivity index (χ3n) is 2.35. The van der Waals surface area contributed by atoms with Crippen LogP contribution in [0.1, 0.15) is 11.7 Å². The molecule has 0 aromatic heterocycles. The molecule has 102 valence electrons. The van der Waals surface area contributed by atoms with Gasteiger partial charge in [0.15, 0.2) is 5.96 Å². The number of benzene rings is 1. The number of aliphatic imine (C=N–C) groups is 1. The van der Waals surface area contributed by atoms with E-state index in [4.69, 9.17) is 5.73 Å². The molecule has 0 bridgehead atoms. The van der Waals surface area contributed by atoms with Crippen molar-refractivity contribution in [3.05, 3.63) is 52.6 Å². The van der Waals surface area contributed by atoms with Gasteiger partial charge in [-0.15, -0.1) is 6.58 Å². The Labute approximate surface area is 110 Å². The first-order chi connectivity index (χ1) is 9.04. The van der Waals surface area contributed by atoms with Crippen molar-refractivity contribution in [1.82, 2.24) is 5.32 Å². The molecule has 1 atom stereocenters. The summed E-state index contributed by atoms with van der Waals surface area (Å²) in [6.45, 7) is 4.09. The predicted octanol–water partition coefficient (Wildman–Crippen LogP) is 0.718. The zero-order valence-electron chi connectivity index (χ0n) is 10.3. The number of rotatable bonds is 6. The van der Waals surface area contributed by atoms with Crippen molar-refractivity contribution in [1.29, 1.82) is 0 Å². The molecular weight excluding hydrogens is 248 g/mol. The van der Waals surface area contributed by atoms with Gasteiger partial charge in [0.05, 0.1) is 17.6 Å². The van der Waals surface area contributed by atoms with Gasteiger partial charge in [-0.3, -0.25) is 15.1 Å². The lowest BCUT2D eigenvalue weighted by atomic mass is 10.1. The van der Waals surface area contributed by atoms with Crippen molar-refractivity contribution >= 4 is 11.6 Å². The van der Waals surface area contributed by atoms with Crippen LogP contribution in [-0.4, -0.2) is 29.1 Å². The van der Waals surface area contributed by atoms with E-state index in [0.717, 1.165) is 0 Å². The molecule has 0 aliphatic rings. The Hall–Kier alpha value is -2.41. The van der Waals surface area contributed by atoms with Crippen LogP contribution in [0.2, 0.25) is 0 Å². The molecule has 0 amide bonds. The molecule has 19 heavy (non-hydrogen) atoms. The molecule has 7 heteroatoms. The van der Waals surface area contributed by atoms with Gasteiger partial charge in [0.25, 0.3) is 5.69 Å². The van der Waals surface area contributed by atoms with Crippen molar-refractivity contribution in [3.8, 4) is 0 Å². The lowest BCUT2D eigenvalue weighted by Gasteiger charge is -2.09. The number of hydrogen-bond acceptors (Lipinski definition) is 4. The number of non-ortho nitro benzene ring substituents is 1. The smallest absolute Gasteiger partial charge is 0.269 e. The van der Waals surface area contributed by atoms with Gasteiger partial charge in [0.1, 0.15) is 0 Å². The minimum Gasteiger partial charge on any atom is -0.386 e. The van der Waals surface area contributed by atoms with Crippen molar-refractivity contribution < 1.29 is 10.0 Å². The Morgan fingerprint density at radius 1 is 1.58 bits per heavy atom. The Morgan fingerprint density at radius 2 is 2.21 bits per heavy atom. The second kappa shape index (κ2) is 7.12. The second-order valence-corrected chi connectivity index (χ2v) is 3.76. The average molecular weight is 264 g/mol. The van der Waals surface area contributed by atoms with Gasteiger partial charge in [0.2, 0.25) is 0 Å². The molecule has 0 aliphatic heterocycles. The fourth-order valence-electron chi connectivity index (χ4n) is 1.34. The van der Waals surface area contributed by atoms with Crippen LogP contribution < -0.4 is 11.1 Å². The van der Waals surface area contributed by atoms with E-state index in [1.807, 2.05) is 0 Å². The van der Waals surface area contributed by atoms with E-state index in [1.54, 1.807) is 6.08 Å². The maximum Gasteiger partial charge on any atom is 0.269 e. The molecule has 1 rings (SSSR count). The van der Waals surface area contributed by atoms with Crippen LogP contribution in [0.15, 0.2) is 41.9 Å². The summed E-state index contributed by atoms with van der Waals surface area (Å²) >= 11 is 0. The third-order valence-corrected chi connectivity index (χ3v) is 2.35. The molecule has 1 aromatic rings. The summed E-state index contributed by atoms with van der Waals surface area (Å²) in [4.78, 5) is 13.9. The fourth-order valence-corrected chi connectivity index (χ4v) is 1.34. The monoisotopic (exact) mass is 264 g/mol. The van der Waals surface area contributed by atoms with E-state index >= 15 is 0 Å². The van der Waals surface area contributed by atoms with Gasteiger partial charge in [-0.25, -0.2) is 0 Å². The number of nitrogens with one attached hydrogen (secondary N) is 1. The van der Waals surface area contributed by atoms with Crippen LogP contribution in [0.4, 0.5) is 5.69 Å². The van der Waals surface area contributed by atoms with E-state index in [9.17, 15) is 15.2 Å². The average Bonchev–Trinajstić information content (AvgIpc) is 2.42. The SMILES string of the molecule is C=CCNC(N)=NCC(O)c1ccc([N+](=O)[O-])cc1. The first kappa shape index (κ1) is 14.7. The highest BCUT2D eigenvalue weighted by molar-refractivity contribution is 5.77. The van der Waals surface area contributed by atoms with E-state index in [1.165, 1.54) is 24.3 Å². The standard InChI is InChI=1S/C12H16N4O3/c1-2-7-14-12(13)15-8-11(17)9-3-5-10(6-4-9)16(18)19/h2-6,11,17H,1,7-8H2,(H3,13,14,15). The number of nitrogens with zero attached hydrogens (tertiary/aromatic N) is 2. The number of aliphatic hydroxyl groups is 1. The zero-order chi connectivity index (χ0) is 14.3. The fraction of sp³-hybridized carbons (Fsp3) is 0.250. The number of nitro groups is 1. The maximum atomic E-state index is 10.5. The Bertz CT molecular complexity index is 470. The summed E-state index contributed by atoms with van der Waals surface area (Å²) in [5.74, 6) is 0.209. The lowest BCUT2D eigenvalue weighted by molar-refractivity contribution is -0.384. The summed E-state index contributed by atoms with van der Waals surface area (Å²) in [6, 6.07) is 5.65. The Kier molecular flexibility index (Phi) is 5.49. The van der Waals surface area contributed by atoms with Crippen molar-refractivity contribution in [2.75, 3.05) is 13.1 Å². The highest BCUT2D eigenvalue weighted by Crippen LogP contribution is 2.17. The van der Waals surface area contributed by atoms with Crippen molar-refractivity contribution in [3.63, 3.8) is 0 Å². The van der Waals surface area contributed by atoms with Crippen LogP contribution in [0, 0.1) is 10.1 Å². The quantitative estimate of drug-likeness (QED) is 0.230. The summed E-state index contributed by atoms with van der Waals surface area (Å²) in [5, 5.41) is 23.1. The molecule has 0 fully saturated rings. The van der Waals surface area contributed by atoms with Crippen LogP contribution in [0.5, 0.6) is 0 Å². The molecule has 0 radical (unpaired) electrons. The number of aliphatic hydroxyl groups excluding tert-OH is 1. The van der Waals surface area contributed by atoms with Crippen LogP contribution in [0.25, 0.3) is 0 Å². The third kappa shape index (κ3) is 4.76. The molecule has 0 saturated carbocycles. The van der Waals surface area contributed by atoms with Gasteiger partial charge in [-0.1, -0.05) is 6.08 Å². The van der Waals surface area contributed by atoms with E-state index in [2.05, 4.69) is 16.9 Å². The lowest BCUT2D eigenvalue weighted by Crippen LogP contribution is -2.32. The maximum absolute atomic E-state index is 10.5. The molecule has 1 unspecified atom stereocenters.